The van der Waals surface area contributed by atoms with Crippen molar-refractivity contribution in [1.29, 1.82) is 0 Å². The summed E-state index contributed by atoms with van der Waals surface area (Å²) in [5.74, 6) is 0. The smallest absolute Gasteiger partial charge is 0.0659 e. The molecule has 3 heteroatoms. The first kappa shape index (κ1) is 8.75. The number of aryl methyl sites for hydroxylation is 2. The molecule has 13 heavy (non-hydrogen) atoms. The molecule has 0 fully saturated rings. The molecule has 1 aromatic heterocycles. The van der Waals surface area contributed by atoms with Crippen molar-refractivity contribution in [3.63, 3.8) is 0 Å². The zero-order valence-corrected chi connectivity index (χ0v) is 8.08. The third-order valence-corrected chi connectivity index (χ3v) is 2.78. The molecule has 0 aliphatic heterocycles. The third kappa shape index (κ3) is 1.48. The maximum Gasteiger partial charge on any atom is 0.0659 e. The first-order valence-corrected chi connectivity index (χ1v) is 4.99. The SMILES string of the molecule is Cc1c2c(nn1CCCO)CCC2. The lowest BCUT2D eigenvalue weighted by Gasteiger charge is -2.03. The minimum absolute atomic E-state index is 0.254. The Morgan fingerprint density at radius 1 is 1.46 bits per heavy atom. The van der Waals surface area contributed by atoms with Crippen molar-refractivity contribution in [3.8, 4) is 0 Å². The molecule has 1 heterocycles. The standard InChI is InChI=1S/C10H16N2O/c1-8-9-4-2-5-10(9)11-12(8)6-3-7-13/h13H,2-7H2,1H3. The van der Waals surface area contributed by atoms with Crippen LogP contribution >= 0.6 is 0 Å². The number of aromatic nitrogens is 2. The fourth-order valence-electron chi connectivity index (χ4n) is 2.04. The van der Waals surface area contributed by atoms with E-state index >= 15 is 0 Å². The second-order valence-corrected chi connectivity index (χ2v) is 3.66. The van der Waals surface area contributed by atoms with E-state index in [0.717, 1.165) is 19.4 Å². The zero-order chi connectivity index (χ0) is 9.26. The quantitative estimate of drug-likeness (QED) is 0.755. The van der Waals surface area contributed by atoms with E-state index in [9.17, 15) is 0 Å². The summed E-state index contributed by atoms with van der Waals surface area (Å²) in [5, 5.41) is 13.3. The van der Waals surface area contributed by atoms with Gasteiger partial charge in [-0.05, 0) is 38.2 Å². The van der Waals surface area contributed by atoms with Crippen LogP contribution in [0.4, 0.5) is 0 Å². The molecule has 0 saturated carbocycles. The van der Waals surface area contributed by atoms with Crippen LogP contribution in [-0.2, 0) is 19.4 Å². The molecular formula is C10H16N2O. The summed E-state index contributed by atoms with van der Waals surface area (Å²) in [7, 11) is 0. The predicted molar refractivity (Wildman–Crippen MR) is 50.7 cm³/mol. The average molecular weight is 180 g/mol. The van der Waals surface area contributed by atoms with Crippen LogP contribution < -0.4 is 0 Å². The van der Waals surface area contributed by atoms with Gasteiger partial charge in [0.25, 0.3) is 0 Å². The molecule has 72 valence electrons. The van der Waals surface area contributed by atoms with Gasteiger partial charge >= 0.3 is 0 Å². The summed E-state index contributed by atoms with van der Waals surface area (Å²) >= 11 is 0. The first-order chi connectivity index (χ1) is 6.33. The van der Waals surface area contributed by atoms with Gasteiger partial charge in [0.05, 0.1) is 5.69 Å². The van der Waals surface area contributed by atoms with Gasteiger partial charge < -0.3 is 5.11 Å². The summed E-state index contributed by atoms with van der Waals surface area (Å²) in [5.41, 5.74) is 4.05. The van der Waals surface area contributed by atoms with Gasteiger partial charge in [-0.2, -0.15) is 5.10 Å². The lowest BCUT2D eigenvalue weighted by Crippen LogP contribution is -2.05. The summed E-state index contributed by atoms with van der Waals surface area (Å²) < 4.78 is 2.04. The minimum atomic E-state index is 0.254. The highest BCUT2D eigenvalue weighted by Crippen LogP contribution is 2.23. The lowest BCUT2D eigenvalue weighted by molar-refractivity contribution is 0.276. The van der Waals surface area contributed by atoms with E-state index < -0.39 is 0 Å². The second kappa shape index (κ2) is 3.50. The van der Waals surface area contributed by atoms with Gasteiger partial charge in [0.15, 0.2) is 0 Å². The van der Waals surface area contributed by atoms with Crippen molar-refractivity contribution < 1.29 is 5.11 Å². The number of fused-ring (bicyclic) bond motifs is 1. The molecule has 0 saturated heterocycles. The van der Waals surface area contributed by atoms with Crippen LogP contribution in [0.15, 0.2) is 0 Å². The normalized spacial score (nSPS) is 14.9. The zero-order valence-electron chi connectivity index (χ0n) is 8.08. The van der Waals surface area contributed by atoms with Crippen molar-refractivity contribution in [2.75, 3.05) is 6.61 Å². The Kier molecular flexibility index (Phi) is 2.36. The Balaban J connectivity index is 2.18. The molecule has 2 rings (SSSR count). The molecule has 0 unspecified atom stereocenters. The molecule has 1 aliphatic carbocycles. The Morgan fingerprint density at radius 2 is 2.31 bits per heavy atom. The van der Waals surface area contributed by atoms with E-state index in [2.05, 4.69) is 12.0 Å². The Morgan fingerprint density at radius 3 is 3.00 bits per heavy atom. The molecule has 1 aromatic rings. The van der Waals surface area contributed by atoms with Crippen LogP contribution in [0.3, 0.4) is 0 Å². The van der Waals surface area contributed by atoms with Crippen LogP contribution in [0, 0.1) is 6.92 Å². The fraction of sp³-hybridized carbons (Fsp3) is 0.700. The van der Waals surface area contributed by atoms with E-state index in [1.54, 1.807) is 0 Å². The van der Waals surface area contributed by atoms with E-state index in [-0.39, 0.29) is 6.61 Å². The third-order valence-electron chi connectivity index (χ3n) is 2.78. The highest BCUT2D eigenvalue weighted by Gasteiger charge is 2.18. The average Bonchev–Trinajstić information content (AvgIpc) is 2.67. The van der Waals surface area contributed by atoms with Crippen molar-refractivity contribution >= 4 is 0 Å². The van der Waals surface area contributed by atoms with E-state index in [1.165, 1.54) is 29.8 Å². The summed E-state index contributed by atoms with van der Waals surface area (Å²) in [6.45, 7) is 3.24. The Labute approximate surface area is 78.4 Å². The van der Waals surface area contributed by atoms with Crippen molar-refractivity contribution in [2.24, 2.45) is 0 Å². The Hall–Kier alpha value is -0.830. The number of hydrogen-bond acceptors (Lipinski definition) is 2. The lowest BCUT2D eigenvalue weighted by atomic mass is 10.2. The van der Waals surface area contributed by atoms with Gasteiger partial charge in [0.1, 0.15) is 0 Å². The van der Waals surface area contributed by atoms with Crippen LogP contribution in [0.1, 0.15) is 29.8 Å². The molecule has 0 atom stereocenters. The van der Waals surface area contributed by atoms with Gasteiger partial charge in [0.2, 0.25) is 0 Å². The van der Waals surface area contributed by atoms with Crippen LogP contribution in [0.25, 0.3) is 0 Å². The molecule has 0 spiro atoms. The van der Waals surface area contributed by atoms with Crippen molar-refractivity contribution in [3.05, 3.63) is 17.0 Å². The van der Waals surface area contributed by atoms with E-state index in [1.807, 2.05) is 4.68 Å². The second-order valence-electron chi connectivity index (χ2n) is 3.66. The van der Waals surface area contributed by atoms with Crippen molar-refractivity contribution in [2.45, 2.75) is 39.2 Å². The van der Waals surface area contributed by atoms with Crippen LogP contribution in [0.2, 0.25) is 0 Å². The van der Waals surface area contributed by atoms with Gasteiger partial charge in [-0.3, -0.25) is 4.68 Å². The minimum Gasteiger partial charge on any atom is -0.396 e. The number of aliphatic hydroxyl groups is 1. The van der Waals surface area contributed by atoms with Crippen molar-refractivity contribution in [1.82, 2.24) is 9.78 Å². The molecule has 3 nitrogen and oxygen atoms in total. The molecule has 0 radical (unpaired) electrons. The summed E-state index contributed by atoms with van der Waals surface area (Å²) in [6, 6.07) is 0. The fourth-order valence-corrected chi connectivity index (χ4v) is 2.04. The highest BCUT2D eigenvalue weighted by atomic mass is 16.3. The summed E-state index contributed by atoms with van der Waals surface area (Å²) in [6.07, 6.45) is 4.41. The first-order valence-electron chi connectivity index (χ1n) is 4.99. The molecular weight excluding hydrogens is 164 g/mol. The monoisotopic (exact) mass is 180 g/mol. The highest BCUT2D eigenvalue weighted by molar-refractivity contribution is 5.29. The summed E-state index contributed by atoms with van der Waals surface area (Å²) in [4.78, 5) is 0. The largest absolute Gasteiger partial charge is 0.396 e. The topological polar surface area (TPSA) is 38.0 Å². The number of aliphatic hydroxyl groups excluding tert-OH is 1. The predicted octanol–water partition coefficient (Wildman–Crippen LogP) is 1.06. The van der Waals surface area contributed by atoms with E-state index in [0.29, 0.717) is 0 Å². The Bertz CT molecular complexity index is 304. The number of hydrogen-bond donors (Lipinski definition) is 1. The van der Waals surface area contributed by atoms with Gasteiger partial charge in [-0.1, -0.05) is 0 Å². The molecule has 0 aromatic carbocycles. The molecule has 1 N–H and O–H groups in total. The van der Waals surface area contributed by atoms with Gasteiger partial charge in [-0.15, -0.1) is 0 Å². The molecule has 0 bridgehead atoms. The van der Waals surface area contributed by atoms with Gasteiger partial charge in [-0.25, -0.2) is 0 Å². The maximum absolute atomic E-state index is 8.72. The van der Waals surface area contributed by atoms with Gasteiger partial charge in [0, 0.05) is 18.8 Å². The molecule has 1 aliphatic rings. The number of rotatable bonds is 3. The maximum atomic E-state index is 8.72. The molecule has 0 amide bonds. The van der Waals surface area contributed by atoms with Crippen LogP contribution in [-0.4, -0.2) is 21.5 Å². The van der Waals surface area contributed by atoms with Crippen LogP contribution in [0.5, 0.6) is 0 Å². The van der Waals surface area contributed by atoms with E-state index in [4.69, 9.17) is 5.11 Å². The number of nitrogens with zero attached hydrogens (tertiary/aromatic N) is 2.